The van der Waals surface area contributed by atoms with Gasteiger partial charge in [-0.1, -0.05) is 0 Å². The number of hydrogen-bond donors (Lipinski definition) is 0. The van der Waals surface area contributed by atoms with Gasteiger partial charge < -0.3 is 9.64 Å². The molecule has 0 aromatic rings. The molecule has 19 heavy (non-hydrogen) atoms. The van der Waals surface area contributed by atoms with Crippen molar-refractivity contribution < 1.29 is 9.53 Å². The maximum Gasteiger partial charge on any atom is 0.243 e. The highest BCUT2D eigenvalue weighted by Crippen LogP contribution is 2.33. The first kappa shape index (κ1) is 12.9. The molecule has 5 heteroatoms. The summed E-state index contributed by atoms with van der Waals surface area (Å²) in [4.78, 5) is 17.0. The number of piperazine rings is 1. The van der Waals surface area contributed by atoms with Crippen LogP contribution >= 0.6 is 0 Å². The van der Waals surface area contributed by atoms with Crippen LogP contribution in [0.1, 0.15) is 25.7 Å². The minimum Gasteiger partial charge on any atom is -0.381 e. The fraction of sp³-hybridized carbons (Fsp3) is 0.857. The second-order valence-electron chi connectivity index (χ2n) is 5.87. The Hall–Kier alpha value is -1.12. The van der Waals surface area contributed by atoms with Crippen LogP contribution in [0.2, 0.25) is 0 Å². The van der Waals surface area contributed by atoms with Crippen LogP contribution in [-0.2, 0) is 9.53 Å². The van der Waals surface area contributed by atoms with Crippen LogP contribution in [0.15, 0.2) is 0 Å². The molecule has 104 valence electrons. The summed E-state index contributed by atoms with van der Waals surface area (Å²) < 4.78 is 5.29. The Labute approximate surface area is 114 Å². The molecule has 0 N–H and O–H groups in total. The molecule has 3 aliphatic rings. The van der Waals surface area contributed by atoms with E-state index in [2.05, 4.69) is 11.0 Å². The summed E-state index contributed by atoms with van der Waals surface area (Å²) in [5, 5.41) is 9.43. The number of nitrogens with zero attached hydrogens (tertiary/aromatic N) is 3. The lowest BCUT2D eigenvalue weighted by Crippen LogP contribution is -2.54. The summed E-state index contributed by atoms with van der Waals surface area (Å²) in [6.07, 6.45) is 3.72. The molecule has 1 aliphatic carbocycles. The molecule has 1 amide bonds. The predicted octanol–water partition coefficient (Wildman–Crippen LogP) is 0.613. The monoisotopic (exact) mass is 263 g/mol. The topological polar surface area (TPSA) is 56.6 Å². The summed E-state index contributed by atoms with van der Waals surface area (Å²) in [7, 11) is 0. The highest BCUT2D eigenvalue weighted by Gasteiger charge is 2.44. The second kappa shape index (κ2) is 5.10. The standard InChI is InChI=1S/C14H21N3O2/c15-11-14(3-9-19-10-4-14)13(18)17-7-5-16(6-8-17)12-1-2-12/h12H,1-10H2. The number of rotatable bonds is 2. The molecule has 0 atom stereocenters. The van der Waals surface area contributed by atoms with Crippen molar-refractivity contribution in [3.63, 3.8) is 0 Å². The van der Waals surface area contributed by atoms with Crippen LogP contribution in [0, 0.1) is 16.7 Å². The predicted molar refractivity (Wildman–Crippen MR) is 69.3 cm³/mol. The first-order chi connectivity index (χ1) is 9.25. The van der Waals surface area contributed by atoms with Gasteiger partial charge in [-0.05, 0) is 25.7 Å². The lowest BCUT2D eigenvalue weighted by atomic mass is 9.80. The molecule has 2 heterocycles. The number of ether oxygens (including phenoxy) is 1. The van der Waals surface area contributed by atoms with E-state index in [9.17, 15) is 10.1 Å². The zero-order valence-electron chi connectivity index (χ0n) is 11.3. The van der Waals surface area contributed by atoms with Gasteiger partial charge in [0.1, 0.15) is 5.41 Å². The van der Waals surface area contributed by atoms with Crippen LogP contribution in [0.3, 0.4) is 0 Å². The van der Waals surface area contributed by atoms with Crippen LogP contribution < -0.4 is 0 Å². The highest BCUT2D eigenvalue weighted by atomic mass is 16.5. The molecular weight excluding hydrogens is 242 g/mol. The van der Waals surface area contributed by atoms with Crippen LogP contribution in [0.25, 0.3) is 0 Å². The first-order valence-corrected chi connectivity index (χ1v) is 7.28. The van der Waals surface area contributed by atoms with Gasteiger partial charge >= 0.3 is 0 Å². The Morgan fingerprint density at radius 1 is 1.16 bits per heavy atom. The molecule has 0 bridgehead atoms. The Morgan fingerprint density at radius 2 is 1.79 bits per heavy atom. The smallest absolute Gasteiger partial charge is 0.243 e. The minimum absolute atomic E-state index is 0.0359. The van der Waals surface area contributed by atoms with Gasteiger partial charge in [-0.15, -0.1) is 0 Å². The Bertz CT molecular complexity index is 386. The summed E-state index contributed by atoms with van der Waals surface area (Å²) in [5.41, 5.74) is -0.819. The lowest BCUT2D eigenvalue weighted by Gasteiger charge is -2.39. The van der Waals surface area contributed by atoms with E-state index in [0.717, 1.165) is 32.2 Å². The van der Waals surface area contributed by atoms with E-state index in [1.54, 1.807) is 0 Å². The van der Waals surface area contributed by atoms with E-state index in [-0.39, 0.29) is 5.91 Å². The fourth-order valence-electron chi connectivity index (χ4n) is 3.13. The van der Waals surface area contributed by atoms with Crippen LogP contribution in [0.4, 0.5) is 0 Å². The van der Waals surface area contributed by atoms with Crippen molar-refractivity contribution in [1.82, 2.24) is 9.80 Å². The van der Waals surface area contributed by atoms with Crippen molar-refractivity contribution >= 4 is 5.91 Å². The number of carbonyl (C=O) groups is 1. The largest absolute Gasteiger partial charge is 0.381 e. The number of nitriles is 1. The molecule has 0 aromatic heterocycles. The summed E-state index contributed by atoms with van der Waals surface area (Å²) in [5.74, 6) is 0.0359. The van der Waals surface area contributed by atoms with E-state index in [1.165, 1.54) is 12.8 Å². The molecular formula is C14H21N3O2. The van der Waals surface area contributed by atoms with Crippen molar-refractivity contribution in [2.45, 2.75) is 31.7 Å². The third-order valence-corrected chi connectivity index (χ3v) is 4.63. The zero-order valence-corrected chi connectivity index (χ0v) is 11.3. The van der Waals surface area contributed by atoms with Gasteiger partial charge in [-0.3, -0.25) is 9.69 Å². The maximum atomic E-state index is 12.6. The first-order valence-electron chi connectivity index (χ1n) is 7.28. The lowest BCUT2D eigenvalue weighted by molar-refractivity contribution is -0.145. The molecule has 3 rings (SSSR count). The van der Waals surface area contributed by atoms with Gasteiger partial charge in [0.05, 0.1) is 6.07 Å². The van der Waals surface area contributed by atoms with Crippen molar-refractivity contribution in [1.29, 1.82) is 5.26 Å². The van der Waals surface area contributed by atoms with Gasteiger partial charge in [0.2, 0.25) is 5.91 Å². The van der Waals surface area contributed by atoms with Crippen LogP contribution in [-0.4, -0.2) is 61.1 Å². The quantitative estimate of drug-likeness (QED) is 0.732. The second-order valence-corrected chi connectivity index (χ2v) is 5.87. The van der Waals surface area contributed by atoms with Gasteiger partial charge in [0.15, 0.2) is 0 Å². The molecule has 0 spiro atoms. The molecule has 2 saturated heterocycles. The molecule has 0 unspecified atom stereocenters. The van der Waals surface area contributed by atoms with Crippen molar-refractivity contribution in [3.05, 3.63) is 0 Å². The van der Waals surface area contributed by atoms with E-state index < -0.39 is 5.41 Å². The minimum atomic E-state index is -0.819. The number of carbonyl (C=O) groups excluding carboxylic acids is 1. The molecule has 5 nitrogen and oxygen atoms in total. The van der Waals surface area contributed by atoms with E-state index in [1.807, 2.05) is 4.90 Å². The summed E-state index contributed by atoms with van der Waals surface area (Å²) >= 11 is 0. The molecule has 1 saturated carbocycles. The Kier molecular flexibility index (Phi) is 3.46. The maximum absolute atomic E-state index is 12.6. The van der Waals surface area contributed by atoms with E-state index >= 15 is 0 Å². The average molecular weight is 263 g/mol. The van der Waals surface area contributed by atoms with Crippen molar-refractivity contribution in [3.8, 4) is 6.07 Å². The molecule has 2 aliphatic heterocycles. The van der Waals surface area contributed by atoms with E-state index in [0.29, 0.717) is 26.1 Å². The van der Waals surface area contributed by atoms with Gasteiger partial charge in [-0.25, -0.2) is 0 Å². The SMILES string of the molecule is N#CC1(C(=O)N2CCN(C3CC3)CC2)CCOCC1. The Morgan fingerprint density at radius 3 is 2.32 bits per heavy atom. The van der Waals surface area contributed by atoms with Crippen molar-refractivity contribution in [2.75, 3.05) is 39.4 Å². The summed E-state index contributed by atoms with van der Waals surface area (Å²) in [6.45, 7) is 4.55. The van der Waals surface area contributed by atoms with Crippen molar-refractivity contribution in [2.24, 2.45) is 5.41 Å². The highest BCUT2D eigenvalue weighted by molar-refractivity contribution is 5.85. The van der Waals surface area contributed by atoms with Gasteiger partial charge in [0, 0.05) is 45.4 Å². The summed E-state index contributed by atoms with van der Waals surface area (Å²) in [6, 6.07) is 3.04. The fourth-order valence-corrected chi connectivity index (χ4v) is 3.13. The third kappa shape index (κ3) is 2.47. The number of amides is 1. The molecule has 0 aromatic carbocycles. The zero-order chi connectivity index (χ0) is 13.3. The van der Waals surface area contributed by atoms with E-state index in [4.69, 9.17) is 4.74 Å². The normalized spacial score (nSPS) is 27.8. The van der Waals surface area contributed by atoms with Gasteiger partial charge in [-0.2, -0.15) is 5.26 Å². The molecule has 0 radical (unpaired) electrons. The molecule has 3 fully saturated rings. The third-order valence-electron chi connectivity index (χ3n) is 4.63. The van der Waals surface area contributed by atoms with Gasteiger partial charge in [0.25, 0.3) is 0 Å². The number of hydrogen-bond acceptors (Lipinski definition) is 4. The Balaban J connectivity index is 1.61. The van der Waals surface area contributed by atoms with Crippen LogP contribution in [0.5, 0.6) is 0 Å². The average Bonchev–Trinajstić information content (AvgIpc) is 3.32.